The summed E-state index contributed by atoms with van der Waals surface area (Å²) in [5.41, 5.74) is 3.23. The number of carbonyl (C=O) groups excluding carboxylic acids is 1. The van der Waals surface area contributed by atoms with Crippen LogP contribution in [0.4, 0.5) is 5.69 Å². The molecule has 0 fully saturated rings. The van der Waals surface area contributed by atoms with E-state index < -0.39 is 16.1 Å². The van der Waals surface area contributed by atoms with Crippen molar-refractivity contribution >= 4 is 21.6 Å². The molecule has 0 saturated carbocycles. The molecule has 140 valence electrons. The number of sulfonamides is 1. The van der Waals surface area contributed by atoms with Crippen molar-refractivity contribution in [2.45, 2.75) is 39.8 Å². The minimum absolute atomic E-state index is 0.217. The van der Waals surface area contributed by atoms with Gasteiger partial charge >= 0.3 is 0 Å². The van der Waals surface area contributed by atoms with E-state index in [1.54, 1.807) is 13.0 Å². The second-order valence-electron chi connectivity index (χ2n) is 6.67. The van der Waals surface area contributed by atoms with Crippen LogP contribution in [-0.2, 0) is 14.8 Å². The molecule has 0 aliphatic rings. The zero-order chi connectivity index (χ0) is 19.5. The smallest absolute Gasteiger partial charge is 0.244 e. The highest BCUT2D eigenvalue weighted by Crippen LogP contribution is 2.26. The first-order valence-electron chi connectivity index (χ1n) is 8.53. The first kappa shape index (κ1) is 20.0. The van der Waals surface area contributed by atoms with Gasteiger partial charge in [0.15, 0.2) is 0 Å². The number of rotatable bonds is 6. The minimum Gasteiger partial charge on any atom is -0.348 e. The van der Waals surface area contributed by atoms with E-state index in [1.165, 1.54) is 4.31 Å². The predicted octanol–water partition coefficient (Wildman–Crippen LogP) is 3.34. The van der Waals surface area contributed by atoms with E-state index in [2.05, 4.69) is 5.32 Å². The van der Waals surface area contributed by atoms with Gasteiger partial charge in [0.25, 0.3) is 0 Å². The molecule has 2 rings (SSSR count). The third-order valence-corrected chi connectivity index (χ3v) is 5.58. The molecule has 1 N–H and O–H groups in total. The number of anilines is 1. The maximum absolute atomic E-state index is 12.8. The Hall–Kier alpha value is -2.34. The Balaban J connectivity index is 2.31. The highest BCUT2D eigenvalue weighted by Gasteiger charge is 2.30. The zero-order valence-electron chi connectivity index (χ0n) is 15.9. The fraction of sp³-hybridized carbons (Fsp3) is 0.350. The van der Waals surface area contributed by atoms with E-state index in [-0.39, 0.29) is 11.9 Å². The van der Waals surface area contributed by atoms with Crippen LogP contribution < -0.4 is 9.62 Å². The zero-order valence-corrected chi connectivity index (χ0v) is 16.7. The lowest BCUT2D eigenvalue weighted by Gasteiger charge is -2.30. The van der Waals surface area contributed by atoms with Crippen molar-refractivity contribution in [1.82, 2.24) is 5.32 Å². The highest BCUT2D eigenvalue weighted by atomic mass is 32.2. The molecule has 2 aromatic carbocycles. The average Bonchev–Trinajstić information content (AvgIpc) is 2.57. The number of amides is 1. The van der Waals surface area contributed by atoms with Gasteiger partial charge in [-0.1, -0.05) is 42.5 Å². The van der Waals surface area contributed by atoms with Crippen molar-refractivity contribution < 1.29 is 13.2 Å². The third kappa shape index (κ3) is 4.64. The van der Waals surface area contributed by atoms with Crippen LogP contribution in [-0.4, -0.2) is 26.6 Å². The Morgan fingerprint density at radius 3 is 2.23 bits per heavy atom. The van der Waals surface area contributed by atoms with Gasteiger partial charge in [-0.3, -0.25) is 9.10 Å². The maximum Gasteiger partial charge on any atom is 0.244 e. The van der Waals surface area contributed by atoms with Gasteiger partial charge in [-0.2, -0.15) is 0 Å². The Morgan fingerprint density at radius 2 is 1.65 bits per heavy atom. The van der Waals surface area contributed by atoms with Crippen molar-refractivity contribution in [3.63, 3.8) is 0 Å². The van der Waals surface area contributed by atoms with E-state index in [4.69, 9.17) is 0 Å². The number of nitrogens with one attached hydrogen (secondary N) is 1. The van der Waals surface area contributed by atoms with Gasteiger partial charge in [0, 0.05) is 0 Å². The minimum atomic E-state index is -3.63. The summed E-state index contributed by atoms with van der Waals surface area (Å²) >= 11 is 0. The van der Waals surface area contributed by atoms with Gasteiger partial charge < -0.3 is 5.32 Å². The van der Waals surface area contributed by atoms with Crippen molar-refractivity contribution in [2.75, 3.05) is 10.6 Å². The number of carbonyl (C=O) groups is 1. The fourth-order valence-corrected chi connectivity index (χ4v) is 4.12. The summed E-state index contributed by atoms with van der Waals surface area (Å²) in [6, 6.07) is 14.1. The molecule has 0 saturated heterocycles. The van der Waals surface area contributed by atoms with Gasteiger partial charge in [0.05, 0.1) is 18.0 Å². The van der Waals surface area contributed by atoms with Crippen molar-refractivity contribution in [2.24, 2.45) is 0 Å². The number of hydrogen-bond donors (Lipinski definition) is 1. The summed E-state index contributed by atoms with van der Waals surface area (Å²) in [7, 11) is -3.63. The molecule has 2 aromatic rings. The number of aryl methyl sites for hydroxylation is 2. The molecule has 0 aliphatic carbocycles. The molecule has 2 atom stereocenters. The molecular weight excluding hydrogens is 348 g/mol. The summed E-state index contributed by atoms with van der Waals surface area (Å²) < 4.78 is 26.1. The Bertz CT molecular complexity index is 879. The summed E-state index contributed by atoms with van der Waals surface area (Å²) in [5.74, 6) is -0.340. The van der Waals surface area contributed by atoms with Crippen LogP contribution in [0.2, 0.25) is 0 Å². The monoisotopic (exact) mass is 374 g/mol. The second kappa shape index (κ2) is 7.91. The van der Waals surface area contributed by atoms with Crippen LogP contribution in [0, 0.1) is 13.8 Å². The fourth-order valence-electron chi connectivity index (χ4n) is 2.90. The van der Waals surface area contributed by atoms with Crippen LogP contribution >= 0.6 is 0 Å². The topological polar surface area (TPSA) is 66.5 Å². The molecule has 0 bridgehead atoms. The number of hydrogen-bond acceptors (Lipinski definition) is 3. The Kier molecular flexibility index (Phi) is 6.08. The number of nitrogens with zero attached hydrogens (tertiary/aromatic N) is 1. The molecule has 0 radical (unpaired) electrons. The molecule has 0 aromatic heterocycles. The normalized spacial score (nSPS) is 13.7. The Labute approximate surface area is 156 Å². The van der Waals surface area contributed by atoms with Gasteiger partial charge in [-0.25, -0.2) is 8.42 Å². The van der Waals surface area contributed by atoms with E-state index in [1.807, 2.05) is 63.2 Å². The largest absolute Gasteiger partial charge is 0.348 e. The molecule has 0 aliphatic heterocycles. The second-order valence-corrected chi connectivity index (χ2v) is 8.53. The summed E-state index contributed by atoms with van der Waals surface area (Å²) in [4.78, 5) is 12.8. The average molecular weight is 375 g/mol. The lowest BCUT2D eigenvalue weighted by atomic mass is 10.1. The number of benzene rings is 2. The maximum atomic E-state index is 12.8. The van der Waals surface area contributed by atoms with Gasteiger partial charge in [-0.15, -0.1) is 0 Å². The summed E-state index contributed by atoms with van der Waals surface area (Å²) in [6.45, 7) is 7.22. The van der Waals surface area contributed by atoms with E-state index in [9.17, 15) is 13.2 Å². The quantitative estimate of drug-likeness (QED) is 0.843. The van der Waals surface area contributed by atoms with Crippen molar-refractivity contribution in [1.29, 1.82) is 0 Å². The molecule has 0 heterocycles. The van der Waals surface area contributed by atoms with Crippen LogP contribution in [0.5, 0.6) is 0 Å². The molecule has 6 heteroatoms. The van der Waals surface area contributed by atoms with Crippen LogP contribution in [0.15, 0.2) is 48.5 Å². The van der Waals surface area contributed by atoms with Crippen molar-refractivity contribution in [3.8, 4) is 0 Å². The van der Waals surface area contributed by atoms with Crippen LogP contribution in [0.3, 0.4) is 0 Å². The summed E-state index contributed by atoms with van der Waals surface area (Å²) in [6.07, 6.45) is 1.12. The first-order chi connectivity index (χ1) is 12.1. The molecule has 5 nitrogen and oxygen atoms in total. The lowest BCUT2D eigenvalue weighted by molar-refractivity contribution is -0.122. The standard InChI is InChI=1S/C20H26N2O3S/c1-14-11-12-15(2)19(13-14)22(26(5,24)25)17(4)20(23)21-16(3)18-9-7-6-8-10-18/h6-13,16-17H,1-5H3,(H,21,23)/t16-,17+/m1/s1. The van der Waals surface area contributed by atoms with Crippen LogP contribution in [0.1, 0.15) is 36.6 Å². The molecular formula is C20H26N2O3S. The Morgan fingerprint density at radius 1 is 1.04 bits per heavy atom. The SMILES string of the molecule is Cc1ccc(C)c(N([C@@H](C)C(=O)N[C@H](C)c2ccccc2)S(C)(=O)=O)c1. The highest BCUT2D eigenvalue weighted by molar-refractivity contribution is 7.92. The van der Waals surface area contributed by atoms with Crippen molar-refractivity contribution in [3.05, 3.63) is 65.2 Å². The molecule has 1 amide bonds. The molecule has 0 unspecified atom stereocenters. The first-order valence-corrected chi connectivity index (χ1v) is 10.4. The van der Waals surface area contributed by atoms with Gasteiger partial charge in [-0.05, 0) is 50.5 Å². The third-order valence-electron chi connectivity index (χ3n) is 4.35. The van der Waals surface area contributed by atoms with E-state index in [0.29, 0.717) is 5.69 Å². The lowest BCUT2D eigenvalue weighted by Crippen LogP contribution is -2.48. The summed E-state index contributed by atoms with van der Waals surface area (Å²) in [5, 5.41) is 2.91. The van der Waals surface area contributed by atoms with E-state index in [0.717, 1.165) is 22.9 Å². The predicted molar refractivity (Wildman–Crippen MR) is 106 cm³/mol. The van der Waals surface area contributed by atoms with Crippen LogP contribution in [0.25, 0.3) is 0 Å². The molecule has 26 heavy (non-hydrogen) atoms. The van der Waals surface area contributed by atoms with E-state index >= 15 is 0 Å². The van der Waals surface area contributed by atoms with Gasteiger partial charge in [0.2, 0.25) is 15.9 Å². The van der Waals surface area contributed by atoms with Gasteiger partial charge in [0.1, 0.15) is 6.04 Å². The molecule has 0 spiro atoms.